The van der Waals surface area contributed by atoms with Gasteiger partial charge in [-0.2, -0.15) is 0 Å². The minimum Gasteiger partial charge on any atom is -0.498 e. The monoisotopic (exact) mass is 802 g/mol. The maximum absolute atomic E-state index is 6.25. The summed E-state index contributed by atoms with van der Waals surface area (Å²) in [5.41, 5.74) is 11.5. The summed E-state index contributed by atoms with van der Waals surface area (Å²) in [5.74, 6) is 0. The number of nitrogens with zero attached hydrogens (tertiary/aromatic N) is 3. The second-order valence-corrected chi connectivity index (χ2v) is 13.1. The summed E-state index contributed by atoms with van der Waals surface area (Å²) < 4.78 is 6.25. The van der Waals surface area contributed by atoms with Crippen molar-refractivity contribution >= 4 is 32.8 Å². The Morgan fingerprint density at radius 1 is 0.667 bits per heavy atom. The van der Waals surface area contributed by atoms with Gasteiger partial charge >= 0.3 is 0 Å². The first kappa shape index (κ1) is 33.0. The van der Waals surface area contributed by atoms with Crippen LogP contribution in [0.15, 0.2) is 132 Å². The molecule has 0 saturated carbocycles. The molecular formula is C43H35IrN3O-2. The van der Waals surface area contributed by atoms with Crippen molar-refractivity contribution in [2.45, 2.75) is 34.1 Å². The van der Waals surface area contributed by atoms with Crippen LogP contribution in [0.3, 0.4) is 0 Å². The number of hydrogen-bond acceptors (Lipinski definition) is 4. The summed E-state index contributed by atoms with van der Waals surface area (Å²) in [4.78, 5) is 13.5. The third-order valence-electron chi connectivity index (χ3n) is 8.11. The van der Waals surface area contributed by atoms with E-state index in [0.29, 0.717) is 5.41 Å². The number of benzene rings is 4. The molecule has 4 heterocycles. The third kappa shape index (κ3) is 7.13. The molecule has 4 aromatic heterocycles. The first-order valence-electron chi connectivity index (χ1n) is 15.9. The molecule has 4 aromatic carbocycles. The zero-order valence-corrected chi connectivity index (χ0v) is 29.8. The van der Waals surface area contributed by atoms with Crippen LogP contribution >= 0.6 is 0 Å². The van der Waals surface area contributed by atoms with E-state index in [1.54, 1.807) is 6.20 Å². The molecule has 0 spiro atoms. The maximum Gasteiger partial charge on any atom is 0.147 e. The predicted molar refractivity (Wildman–Crippen MR) is 193 cm³/mol. The summed E-state index contributed by atoms with van der Waals surface area (Å²) in [6.07, 6.45) is 6.62. The van der Waals surface area contributed by atoms with Gasteiger partial charge in [0.2, 0.25) is 0 Å². The molecule has 0 unspecified atom stereocenters. The molecule has 0 saturated heterocycles. The van der Waals surface area contributed by atoms with E-state index in [1.807, 2.05) is 73.9 Å². The van der Waals surface area contributed by atoms with Crippen LogP contribution in [0.2, 0.25) is 0 Å². The van der Waals surface area contributed by atoms with Crippen molar-refractivity contribution in [2.75, 3.05) is 0 Å². The predicted octanol–water partition coefficient (Wildman–Crippen LogP) is 11.1. The Balaban J connectivity index is 0.000000164. The minimum atomic E-state index is 0. The topological polar surface area (TPSA) is 51.8 Å². The number of hydrogen-bond donors (Lipinski definition) is 0. The molecule has 0 aliphatic carbocycles. The zero-order valence-electron chi connectivity index (χ0n) is 27.4. The summed E-state index contributed by atoms with van der Waals surface area (Å²) in [6.45, 7) is 8.84. The molecule has 0 amide bonds. The summed E-state index contributed by atoms with van der Waals surface area (Å²) in [6, 6.07) is 43.7. The summed E-state index contributed by atoms with van der Waals surface area (Å²) in [5, 5.41) is 3.20. The SMILES string of the molecule is CC(C)(C)Cc1ccc(-c2ccnc(-c3[c-]cccc3)c2)cc1.Cc1ccc(-c2[c-]ccc3c2oc2c3ccc3cccnc32)nc1.[Ir]. The van der Waals surface area contributed by atoms with E-state index in [0.717, 1.165) is 67.3 Å². The molecule has 0 aliphatic rings. The standard InChI is InChI=1S/C22H22N.C21H13N2O.Ir/c1-22(2,3)16-17-9-11-18(12-10-17)20-13-14-23-21(15-20)19-7-5-4-6-8-19;1-13-7-10-18(23-12-13)17-6-2-5-15-16-9-8-14-4-3-11-22-19(14)21(16)24-20(15)17;/h4-7,9-15H,16H2,1-3H3;2-5,7-12H,1H3;/q2*-1;. The summed E-state index contributed by atoms with van der Waals surface area (Å²) in [7, 11) is 0. The van der Waals surface area contributed by atoms with E-state index in [1.165, 1.54) is 16.7 Å². The number of fused-ring (bicyclic) bond motifs is 5. The van der Waals surface area contributed by atoms with Gasteiger partial charge in [0, 0.05) is 49.5 Å². The van der Waals surface area contributed by atoms with Gasteiger partial charge < -0.3 is 14.4 Å². The van der Waals surface area contributed by atoms with Crippen LogP contribution in [-0.2, 0) is 26.5 Å². The molecule has 0 aliphatic heterocycles. The normalized spacial score (nSPS) is 11.2. The number of aromatic nitrogens is 3. The molecule has 8 rings (SSSR count). The van der Waals surface area contributed by atoms with Gasteiger partial charge in [0.25, 0.3) is 0 Å². The van der Waals surface area contributed by atoms with E-state index >= 15 is 0 Å². The number of pyridine rings is 3. The first-order valence-corrected chi connectivity index (χ1v) is 15.9. The van der Waals surface area contributed by atoms with E-state index < -0.39 is 0 Å². The number of rotatable bonds is 4. The van der Waals surface area contributed by atoms with Crippen molar-refractivity contribution in [3.8, 4) is 33.6 Å². The Kier molecular flexibility index (Phi) is 9.63. The van der Waals surface area contributed by atoms with Gasteiger partial charge in [-0.3, -0.25) is 4.98 Å². The first-order chi connectivity index (χ1) is 22.8. The van der Waals surface area contributed by atoms with E-state index in [9.17, 15) is 0 Å². The zero-order chi connectivity index (χ0) is 32.4. The minimum absolute atomic E-state index is 0. The second-order valence-electron chi connectivity index (χ2n) is 13.1. The molecule has 5 heteroatoms. The van der Waals surface area contributed by atoms with E-state index in [4.69, 9.17) is 4.42 Å². The second kappa shape index (κ2) is 14.0. The number of aryl methyl sites for hydroxylation is 1. The van der Waals surface area contributed by atoms with Crippen molar-refractivity contribution in [2.24, 2.45) is 5.41 Å². The van der Waals surface area contributed by atoms with Crippen molar-refractivity contribution < 1.29 is 24.5 Å². The smallest absolute Gasteiger partial charge is 0.147 e. The fraction of sp³-hybridized carbons (Fsp3) is 0.140. The Hall–Kier alpha value is -4.96. The Morgan fingerprint density at radius 2 is 1.50 bits per heavy atom. The van der Waals surface area contributed by atoms with Crippen molar-refractivity contribution in [3.05, 3.63) is 151 Å². The van der Waals surface area contributed by atoms with Crippen LogP contribution in [0.5, 0.6) is 0 Å². The maximum atomic E-state index is 6.25. The van der Waals surface area contributed by atoms with E-state index in [-0.39, 0.29) is 20.1 Å². The van der Waals surface area contributed by atoms with Gasteiger partial charge in [-0.1, -0.05) is 92.4 Å². The van der Waals surface area contributed by atoms with Crippen LogP contribution in [0.4, 0.5) is 0 Å². The average Bonchev–Trinajstić information content (AvgIpc) is 3.49. The molecule has 0 bridgehead atoms. The molecule has 0 N–H and O–H groups in total. The number of furan rings is 1. The van der Waals surface area contributed by atoms with Crippen molar-refractivity contribution in [1.82, 2.24) is 15.0 Å². The molecule has 8 aromatic rings. The fourth-order valence-corrected chi connectivity index (χ4v) is 5.88. The summed E-state index contributed by atoms with van der Waals surface area (Å²) >= 11 is 0. The third-order valence-corrected chi connectivity index (χ3v) is 8.11. The van der Waals surface area contributed by atoms with Gasteiger partial charge in [-0.25, -0.2) is 0 Å². The van der Waals surface area contributed by atoms with Crippen LogP contribution in [-0.4, -0.2) is 15.0 Å². The van der Waals surface area contributed by atoms with Gasteiger partial charge in [0.15, 0.2) is 0 Å². The van der Waals surface area contributed by atoms with Crippen LogP contribution in [0.25, 0.3) is 66.5 Å². The quantitative estimate of drug-likeness (QED) is 0.166. The Bertz CT molecular complexity index is 2300. The van der Waals surface area contributed by atoms with Crippen molar-refractivity contribution in [1.29, 1.82) is 0 Å². The molecule has 4 nitrogen and oxygen atoms in total. The largest absolute Gasteiger partial charge is 0.498 e. The van der Waals surface area contributed by atoms with E-state index in [2.05, 4.69) is 102 Å². The molecule has 48 heavy (non-hydrogen) atoms. The van der Waals surface area contributed by atoms with Crippen LogP contribution in [0, 0.1) is 24.5 Å². The molecule has 0 atom stereocenters. The molecular weight excluding hydrogens is 767 g/mol. The average molecular weight is 802 g/mol. The van der Waals surface area contributed by atoms with Gasteiger partial charge in [-0.15, -0.1) is 54.1 Å². The molecule has 239 valence electrons. The van der Waals surface area contributed by atoms with Gasteiger partial charge in [0.05, 0.1) is 5.58 Å². The molecule has 0 fully saturated rings. The molecule has 1 radical (unpaired) electrons. The van der Waals surface area contributed by atoms with Gasteiger partial charge in [-0.05, 0) is 64.5 Å². The Morgan fingerprint density at radius 3 is 2.25 bits per heavy atom. The van der Waals surface area contributed by atoms with Crippen LogP contribution < -0.4 is 0 Å². The Labute approximate surface area is 295 Å². The van der Waals surface area contributed by atoms with Gasteiger partial charge in [0.1, 0.15) is 11.1 Å². The fourth-order valence-electron chi connectivity index (χ4n) is 5.88. The van der Waals surface area contributed by atoms with Crippen LogP contribution in [0.1, 0.15) is 31.9 Å². The van der Waals surface area contributed by atoms with Crippen molar-refractivity contribution in [3.63, 3.8) is 0 Å².